The van der Waals surface area contributed by atoms with Crippen molar-refractivity contribution in [2.75, 3.05) is 7.11 Å². The number of imide groups is 1. The van der Waals surface area contributed by atoms with Crippen LogP contribution in [0.1, 0.15) is 27.9 Å². The number of hydrogen-bond acceptors (Lipinski definition) is 7. The highest BCUT2D eigenvalue weighted by Crippen LogP contribution is 2.32. The number of carbonyl (C=O) groups excluding carboxylic acids is 2. The van der Waals surface area contributed by atoms with Crippen LogP contribution < -0.4 is 10.1 Å². The lowest BCUT2D eigenvalue weighted by atomic mass is 10.1. The van der Waals surface area contributed by atoms with Crippen molar-refractivity contribution in [2.45, 2.75) is 30.6 Å². The van der Waals surface area contributed by atoms with Gasteiger partial charge in [-0.05, 0) is 35.4 Å². The number of halogens is 3. The lowest BCUT2D eigenvalue weighted by molar-refractivity contribution is -0.138. The molecule has 210 valence electrons. The van der Waals surface area contributed by atoms with Gasteiger partial charge in [0.1, 0.15) is 0 Å². The summed E-state index contributed by atoms with van der Waals surface area (Å²) in [6, 6.07) is 16.1. The van der Waals surface area contributed by atoms with E-state index in [1.54, 1.807) is 47.3 Å². The first-order valence-corrected chi connectivity index (χ1v) is 12.9. The minimum absolute atomic E-state index is 0.141. The smallest absolute Gasteiger partial charge is 0.416 e. The van der Waals surface area contributed by atoms with E-state index in [4.69, 9.17) is 10.00 Å². The topological polar surface area (TPSA) is 113 Å². The number of rotatable bonds is 9. The maximum absolute atomic E-state index is 13.4. The Kier molecular flexibility index (Phi) is 9.26. The van der Waals surface area contributed by atoms with Crippen LogP contribution in [0.2, 0.25) is 0 Å². The minimum Gasteiger partial charge on any atom is -0.481 e. The van der Waals surface area contributed by atoms with E-state index in [-0.39, 0.29) is 12.0 Å². The molecule has 0 saturated heterocycles. The number of methoxy groups -OCH3 is 1. The summed E-state index contributed by atoms with van der Waals surface area (Å²) in [4.78, 5) is 35.3. The van der Waals surface area contributed by atoms with E-state index in [2.05, 4.69) is 21.4 Å². The molecule has 4 rings (SSSR count). The second-order valence-corrected chi connectivity index (χ2v) is 9.65. The van der Waals surface area contributed by atoms with E-state index in [0.717, 1.165) is 27.9 Å². The molecule has 0 saturated carbocycles. The largest absolute Gasteiger partial charge is 0.481 e. The number of nitrogens with zero attached hydrogens (tertiary/aromatic N) is 5. The molecular weight excluding hydrogens is 557 g/mol. The Labute approximate surface area is 237 Å². The zero-order valence-electron chi connectivity index (χ0n) is 21.6. The summed E-state index contributed by atoms with van der Waals surface area (Å²) in [5, 5.41) is 11.4. The molecule has 4 aromatic rings. The average molecular weight is 581 g/mol. The molecule has 2 heterocycles. The van der Waals surface area contributed by atoms with Gasteiger partial charge in [-0.25, -0.2) is 14.8 Å². The molecule has 9 nitrogen and oxygen atoms in total. The Balaban J connectivity index is 1.53. The van der Waals surface area contributed by atoms with Gasteiger partial charge in [-0.15, -0.1) is 0 Å². The molecule has 0 aliphatic rings. The van der Waals surface area contributed by atoms with Crippen molar-refractivity contribution < 1.29 is 27.5 Å². The van der Waals surface area contributed by atoms with Gasteiger partial charge in [-0.1, -0.05) is 30.3 Å². The van der Waals surface area contributed by atoms with Crippen LogP contribution in [-0.4, -0.2) is 37.9 Å². The van der Waals surface area contributed by atoms with E-state index >= 15 is 0 Å². The molecule has 0 unspecified atom stereocenters. The first-order valence-electron chi connectivity index (χ1n) is 12.1. The summed E-state index contributed by atoms with van der Waals surface area (Å²) in [6.45, 7) is -0.0827. The van der Waals surface area contributed by atoms with Crippen LogP contribution in [0, 0.1) is 11.3 Å². The van der Waals surface area contributed by atoms with Crippen LogP contribution in [0.3, 0.4) is 0 Å². The fourth-order valence-electron chi connectivity index (χ4n) is 3.79. The molecule has 0 aliphatic heterocycles. The zero-order valence-corrected chi connectivity index (χ0v) is 22.4. The van der Waals surface area contributed by atoms with Crippen molar-refractivity contribution in [2.24, 2.45) is 0 Å². The molecule has 13 heteroatoms. The molecule has 3 amide bonds. The number of amides is 3. The van der Waals surface area contributed by atoms with Crippen LogP contribution in [-0.2, 0) is 30.5 Å². The van der Waals surface area contributed by atoms with Gasteiger partial charge in [0.25, 0.3) is 0 Å². The summed E-state index contributed by atoms with van der Waals surface area (Å²) < 4.78 is 47.9. The van der Waals surface area contributed by atoms with Gasteiger partial charge in [0.15, 0.2) is 0 Å². The number of urea groups is 1. The first kappa shape index (κ1) is 29.2. The number of carbonyl (C=O) groups is 2. The van der Waals surface area contributed by atoms with Crippen molar-refractivity contribution >= 4 is 23.9 Å². The predicted molar refractivity (Wildman–Crippen MR) is 143 cm³/mol. The van der Waals surface area contributed by atoms with Crippen molar-refractivity contribution in [3.63, 3.8) is 0 Å². The number of nitriles is 1. The van der Waals surface area contributed by atoms with Crippen LogP contribution in [0.25, 0.3) is 0 Å². The van der Waals surface area contributed by atoms with Crippen molar-refractivity contribution in [3.05, 3.63) is 107 Å². The van der Waals surface area contributed by atoms with Crippen LogP contribution >= 0.6 is 11.9 Å². The first-order chi connectivity index (χ1) is 19.7. The number of ether oxygens (including phenoxy) is 1. The summed E-state index contributed by atoms with van der Waals surface area (Å²) in [6.07, 6.45) is -0.380. The zero-order chi connectivity index (χ0) is 29.4. The number of pyridine rings is 1. The second kappa shape index (κ2) is 13.0. The van der Waals surface area contributed by atoms with Gasteiger partial charge in [-0.3, -0.25) is 4.79 Å². The molecule has 2 aromatic carbocycles. The third kappa shape index (κ3) is 7.64. The lowest BCUT2D eigenvalue weighted by Crippen LogP contribution is -2.40. The summed E-state index contributed by atoms with van der Waals surface area (Å²) in [5.41, 5.74) is 0.869. The fraction of sp³-hybridized carbons (Fsp3) is 0.179. The lowest BCUT2D eigenvalue weighted by Gasteiger charge is -2.21. The van der Waals surface area contributed by atoms with Crippen molar-refractivity contribution in [1.29, 1.82) is 5.26 Å². The van der Waals surface area contributed by atoms with Crippen molar-refractivity contribution in [3.8, 4) is 11.9 Å². The van der Waals surface area contributed by atoms with Gasteiger partial charge in [0.2, 0.25) is 11.8 Å². The molecule has 0 fully saturated rings. The van der Waals surface area contributed by atoms with Gasteiger partial charge in [0, 0.05) is 54.1 Å². The Morgan fingerprint density at radius 3 is 2.51 bits per heavy atom. The van der Waals surface area contributed by atoms with E-state index in [0.29, 0.717) is 28.6 Å². The maximum atomic E-state index is 13.4. The molecule has 2 aromatic heterocycles. The third-order valence-electron chi connectivity index (χ3n) is 5.85. The molecule has 41 heavy (non-hydrogen) atoms. The number of nitrogens with one attached hydrogen (secondary N) is 1. The maximum Gasteiger partial charge on any atom is 0.416 e. The summed E-state index contributed by atoms with van der Waals surface area (Å²) in [5.74, 6) is -0.304. The quantitative estimate of drug-likeness (QED) is 0.270. The monoisotopic (exact) mass is 580 g/mol. The molecule has 0 radical (unpaired) electrons. The summed E-state index contributed by atoms with van der Waals surface area (Å²) >= 11 is 0.776. The van der Waals surface area contributed by atoms with E-state index in [1.165, 1.54) is 37.7 Å². The van der Waals surface area contributed by atoms with E-state index in [9.17, 15) is 22.8 Å². The average Bonchev–Trinajstić information content (AvgIpc) is 3.40. The number of hydrogen-bond donors (Lipinski definition) is 1. The van der Waals surface area contributed by atoms with Gasteiger partial charge in [0.05, 0.1) is 37.1 Å². The minimum atomic E-state index is -4.60. The number of benzene rings is 2. The highest BCUT2D eigenvalue weighted by Gasteiger charge is 2.33. The number of aromatic nitrogens is 3. The van der Waals surface area contributed by atoms with Gasteiger partial charge < -0.3 is 14.6 Å². The summed E-state index contributed by atoms with van der Waals surface area (Å²) in [7, 11) is 1.44. The molecule has 0 spiro atoms. The second-order valence-electron chi connectivity index (χ2n) is 8.63. The Morgan fingerprint density at radius 1 is 1.10 bits per heavy atom. The van der Waals surface area contributed by atoms with Crippen molar-refractivity contribution in [1.82, 2.24) is 24.2 Å². The normalized spacial score (nSPS) is 11.0. The molecule has 0 bridgehead atoms. The Bertz CT molecular complexity index is 1550. The van der Waals surface area contributed by atoms with E-state index < -0.39 is 30.2 Å². The molecular formula is C28H23F3N6O3S. The highest BCUT2D eigenvalue weighted by molar-refractivity contribution is 7.98. The molecule has 1 N–H and O–H groups in total. The van der Waals surface area contributed by atoms with Crippen LogP contribution in [0.5, 0.6) is 5.88 Å². The van der Waals surface area contributed by atoms with Gasteiger partial charge >= 0.3 is 12.2 Å². The Hall–Kier alpha value is -4.83. The van der Waals surface area contributed by atoms with E-state index in [1.807, 2.05) is 0 Å². The number of alkyl halides is 3. The molecule has 0 aliphatic carbocycles. The van der Waals surface area contributed by atoms with Gasteiger partial charge in [-0.2, -0.15) is 22.7 Å². The fourth-order valence-corrected chi connectivity index (χ4v) is 4.55. The number of imidazole rings is 1. The third-order valence-corrected chi connectivity index (χ3v) is 6.85. The van der Waals surface area contributed by atoms with Crippen LogP contribution in [0.4, 0.5) is 18.0 Å². The SMILES string of the molecule is COc1ccc(SN(C(=O)Cc2cncn2Cc2ccc(C#N)cc2)C(=O)NCc2ccccc2C(F)(F)F)cn1. The molecule has 0 atom stereocenters. The van der Waals surface area contributed by atoms with Crippen LogP contribution in [0.15, 0.2) is 84.3 Å². The highest BCUT2D eigenvalue weighted by atomic mass is 32.2. The predicted octanol–water partition coefficient (Wildman–Crippen LogP) is 5.21. The Morgan fingerprint density at radius 2 is 1.85 bits per heavy atom. The standard InChI is InChI=1S/C28H23F3N6O3S/c1-40-25-11-10-23(16-34-25)41-37(27(39)35-14-21-4-2-3-5-24(21)28(29,30)31)26(38)12-22-15-33-18-36(22)17-20-8-6-19(13-32)7-9-20/h2-11,15-16,18H,12,14,17H2,1H3,(H,35,39).